The van der Waals surface area contributed by atoms with E-state index in [1.807, 2.05) is 0 Å². The van der Waals surface area contributed by atoms with Gasteiger partial charge >= 0.3 is 0 Å². The molecule has 2 heterocycles. The SMILES string of the molecule is COc1ccc2c(c1)C(=O)CC1(CCN(C(=O)c3ccc(Cl)c([N+](=O)[O-])c3)CC1)O2. The van der Waals surface area contributed by atoms with Crippen LogP contribution in [0.25, 0.3) is 0 Å². The summed E-state index contributed by atoms with van der Waals surface area (Å²) in [5.41, 5.74) is -0.238. The molecule has 2 aromatic rings. The number of nitro benzene ring substituents is 1. The lowest BCUT2D eigenvalue weighted by molar-refractivity contribution is -0.384. The van der Waals surface area contributed by atoms with Crippen molar-refractivity contribution in [3.63, 3.8) is 0 Å². The van der Waals surface area contributed by atoms with Crippen LogP contribution in [0.4, 0.5) is 5.69 Å². The first-order chi connectivity index (χ1) is 14.3. The fourth-order valence-electron chi connectivity index (χ4n) is 3.96. The van der Waals surface area contributed by atoms with Crippen molar-refractivity contribution < 1.29 is 24.0 Å². The number of hydrogen-bond donors (Lipinski definition) is 0. The van der Waals surface area contributed by atoms with Crippen LogP contribution in [-0.2, 0) is 0 Å². The minimum Gasteiger partial charge on any atom is -0.497 e. The summed E-state index contributed by atoms with van der Waals surface area (Å²) in [5, 5.41) is 11.1. The van der Waals surface area contributed by atoms with Gasteiger partial charge in [-0.05, 0) is 30.3 Å². The van der Waals surface area contributed by atoms with Crippen LogP contribution in [0.5, 0.6) is 11.5 Å². The number of likely N-dealkylation sites (tertiary alicyclic amines) is 1. The summed E-state index contributed by atoms with van der Waals surface area (Å²) in [7, 11) is 1.54. The predicted molar refractivity (Wildman–Crippen MR) is 109 cm³/mol. The Hall–Kier alpha value is -3.13. The number of amides is 1. The number of fused-ring (bicyclic) bond motifs is 1. The highest BCUT2D eigenvalue weighted by Crippen LogP contribution is 2.40. The van der Waals surface area contributed by atoms with Gasteiger partial charge in [0, 0.05) is 37.6 Å². The standard InChI is InChI=1S/C21H19ClN2O6/c1-29-14-3-5-19-15(11-14)18(25)12-21(30-19)6-8-23(9-7-21)20(26)13-2-4-16(22)17(10-13)24(27)28/h2-5,10-11H,6-9,12H2,1H3. The molecule has 1 spiro atoms. The molecule has 2 aliphatic rings. The van der Waals surface area contributed by atoms with Crippen LogP contribution in [0, 0.1) is 10.1 Å². The van der Waals surface area contributed by atoms with E-state index < -0.39 is 10.5 Å². The molecule has 0 radical (unpaired) electrons. The molecule has 0 aliphatic carbocycles. The Labute approximate surface area is 177 Å². The molecule has 0 N–H and O–H groups in total. The maximum Gasteiger partial charge on any atom is 0.288 e. The van der Waals surface area contributed by atoms with Gasteiger partial charge in [0.05, 0.1) is 24.0 Å². The van der Waals surface area contributed by atoms with E-state index in [9.17, 15) is 19.7 Å². The van der Waals surface area contributed by atoms with Crippen LogP contribution in [-0.4, -0.2) is 47.3 Å². The molecule has 2 aromatic carbocycles. The Bertz CT molecular complexity index is 1050. The van der Waals surface area contributed by atoms with Crippen molar-refractivity contribution in [3.05, 3.63) is 62.7 Å². The fraction of sp³-hybridized carbons (Fsp3) is 0.333. The van der Waals surface area contributed by atoms with Crippen LogP contribution >= 0.6 is 11.6 Å². The molecular weight excluding hydrogens is 412 g/mol. The first-order valence-corrected chi connectivity index (χ1v) is 9.83. The second-order valence-electron chi connectivity index (χ2n) is 7.46. The van der Waals surface area contributed by atoms with Crippen LogP contribution < -0.4 is 9.47 Å². The molecule has 0 bridgehead atoms. The number of nitrogens with zero attached hydrogens (tertiary/aromatic N) is 2. The zero-order valence-corrected chi connectivity index (χ0v) is 17.0. The Balaban J connectivity index is 1.48. The third-order valence-electron chi connectivity index (χ3n) is 5.65. The number of carbonyl (C=O) groups is 2. The number of methoxy groups -OCH3 is 1. The molecule has 8 nitrogen and oxygen atoms in total. The number of halogens is 1. The Kier molecular flexibility index (Phi) is 5.11. The summed E-state index contributed by atoms with van der Waals surface area (Å²) < 4.78 is 11.4. The Morgan fingerprint density at radius 1 is 1.23 bits per heavy atom. The summed E-state index contributed by atoms with van der Waals surface area (Å²) in [6, 6.07) is 9.18. The molecule has 0 aromatic heterocycles. The fourth-order valence-corrected chi connectivity index (χ4v) is 4.15. The van der Waals surface area contributed by atoms with Crippen molar-refractivity contribution in [1.82, 2.24) is 4.90 Å². The van der Waals surface area contributed by atoms with E-state index >= 15 is 0 Å². The summed E-state index contributed by atoms with van der Waals surface area (Å²) in [6.07, 6.45) is 1.22. The van der Waals surface area contributed by atoms with E-state index in [1.54, 1.807) is 30.2 Å². The van der Waals surface area contributed by atoms with Gasteiger partial charge in [0.15, 0.2) is 5.78 Å². The van der Waals surface area contributed by atoms with Crippen molar-refractivity contribution >= 4 is 29.0 Å². The first kappa shape index (κ1) is 20.2. The van der Waals surface area contributed by atoms with E-state index in [0.717, 1.165) is 0 Å². The average Bonchev–Trinajstić information content (AvgIpc) is 2.74. The second kappa shape index (κ2) is 7.60. The van der Waals surface area contributed by atoms with Crippen molar-refractivity contribution in [1.29, 1.82) is 0 Å². The molecule has 4 rings (SSSR count). The topological polar surface area (TPSA) is 99.0 Å². The van der Waals surface area contributed by atoms with Crippen LogP contribution in [0.2, 0.25) is 5.02 Å². The lowest BCUT2D eigenvalue weighted by Gasteiger charge is -2.44. The van der Waals surface area contributed by atoms with E-state index in [4.69, 9.17) is 21.1 Å². The molecule has 1 saturated heterocycles. The van der Waals surface area contributed by atoms with Gasteiger partial charge in [-0.25, -0.2) is 0 Å². The molecular formula is C21H19ClN2O6. The highest BCUT2D eigenvalue weighted by molar-refractivity contribution is 6.32. The van der Waals surface area contributed by atoms with Crippen LogP contribution in [0.3, 0.4) is 0 Å². The zero-order chi connectivity index (χ0) is 21.5. The highest BCUT2D eigenvalue weighted by Gasteiger charge is 2.44. The normalized spacial score (nSPS) is 17.3. The number of rotatable bonds is 3. The Morgan fingerprint density at radius 2 is 1.97 bits per heavy atom. The third-order valence-corrected chi connectivity index (χ3v) is 5.97. The molecule has 2 aliphatic heterocycles. The quantitative estimate of drug-likeness (QED) is 0.541. The van der Waals surface area contributed by atoms with Gasteiger partial charge in [0.2, 0.25) is 0 Å². The maximum atomic E-state index is 12.8. The number of piperidine rings is 1. The van der Waals surface area contributed by atoms with Gasteiger partial charge < -0.3 is 14.4 Å². The largest absolute Gasteiger partial charge is 0.497 e. The lowest BCUT2D eigenvalue weighted by Crippen LogP contribution is -2.52. The van der Waals surface area contributed by atoms with E-state index in [0.29, 0.717) is 43.0 Å². The van der Waals surface area contributed by atoms with Gasteiger partial charge in [-0.2, -0.15) is 0 Å². The summed E-state index contributed by atoms with van der Waals surface area (Å²) in [5.74, 6) is 0.805. The summed E-state index contributed by atoms with van der Waals surface area (Å²) in [6.45, 7) is 0.766. The minimum absolute atomic E-state index is 0.0109. The predicted octanol–water partition coefficient (Wildman–Crippen LogP) is 3.90. The van der Waals surface area contributed by atoms with Crippen molar-refractivity contribution in [2.24, 2.45) is 0 Å². The van der Waals surface area contributed by atoms with Crippen molar-refractivity contribution in [3.8, 4) is 11.5 Å². The summed E-state index contributed by atoms with van der Waals surface area (Å²) >= 11 is 5.83. The minimum atomic E-state index is -0.651. The van der Waals surface area contributed by atoms with E-state index in [1.165, 1.54) is 18.2 Å². The third kappa shape index (κ3) is 3.59. The van der Waals surface area contributed by atoms with Gasteiger partial charge in [0.25, 0.3) is 11.6 Å². The van der Waals surface area contributed by atoms with Gasteiger partial charge in [-0.3, -0.25) is 19.7 Å². The van der Waals surface area contributed by atoms with Crippen molar-refractivity contribution in [2.75, 3.05) is 20.2 Å². The second-order valence-corrected chi connectivity index (χ2v) is 7.87. The van der Waals surface area contributed by atoms with Crippen LogP contribution in [0.15, 0.2) is 36.4 Å². The molecule has 9 heteroatoms. The smallest absolute Gasteiger partial charge is 0.288 e. The van der Waals surface area contributed by atoms with Gasteiger partial charge in [-0.15, -0.1) is 0 Å². The molecule has 0 atom stereocenters. The van der Waals surface area contributed by atoms with Crippen LogP contribution in [0.1, 0.15) is 40.0 Å². The van der Waals surface area contributed by atoms with Crippen molar-refractivity contribution in [2.45, 2.75) is 24.9 Å². The number of carbonyl (C=O) groups excluding carboxylic acids is 2. The van der Waals surface area contributed by atoms with E-state index in [-0.39, 0.29) is 34.4 Å². The number of benzene rings is 2. The lowest BCUT2D eigenvalue weighted by atomic mass is 9.82. The molecule has 0 saturated carbocycles. The number of nitro groups is 1. The Morgan fingerprint density at radius 3 is 2.63 bits per heavy atom. The number of ether oxygens (including phenoxy) is 2. The molecule has 1 fully saturated rings. The maximum absolute atomic E-state index is 12.8. The molecule has 30 heavy (non-hydrogen) atoms. The molecule has 0 unspecified atom stereocenters. The monoisotopic (exact) mass is 430 g/mol. The number of hydrogen-bond acceptors (Lipinski definition) is 6. The van der Waals surface area contributed by atoms with E-state index in [2.05, 4.69) is 0 Å². The van der Waals surface area contributed by atoms with Gasteiger partial charge in [-0.1, -0.05) is 11.6 Å². The average molecular weight is 431 g/mol. The first-order valence-electron chi connectivity index (χ1n) is 9.45. The number of Topliss-reactive ketones (excluding diaryl/α,β-unsaturated/α-hetero) is 1. The number of ketones is 1. The van der Waals surface area contributed by atoms with Gasteiger partial charge in [0.1, 0.15) is 22.1 Å². The zero-order valence-electron chi connectivity index (χ0n) is 16.2. The molecule has 156 valence electrons. The molecule has 1 amide bonds. The summed E-state index contributed by atoms with van der Waals surface area (Å²) in [4.78, 5) is 37.6. The highest BCUT2D eigenvalue weighted by atomic mass is 35.5.